The summed E-state index contributed by atoms with van der Waals surface area (Å²) in [5.41, 5.74) is 0. The predicted molar refractivity (Wildman–Crippen MR) is 46.0 cm³/mol. The van der Waals surface area contributed by atoms with E-state index in [2.05, 4.69) is 0 Å². The van der Waals surface area contributed by atoms with Crippen LogP contribution in [-0.2, 0) is 0 Å². The Balaban J connectivity index is 0. The molecule has 0 aliphatic carbocycles. The molecule has 0 aliphatic rings. The van der Waals surface area contributed by atoms with Gasteiger partial charge in [-0.2, -0.15) is 0 Å². The van der Waals surface area contributed by atoms with E-state index >= 15 is 0 Å². The van der Waals surface area contributed by atoms with Crippen molar-refractivity contribution in [3.63, 3.8) is 0 Å². The molecule has 0 bridgehead atoms. The molecule has 0 rings (SSSR count). The molecule has 8 heavy (non-hydrogen) atoms. The Morgan fingerprint density at radius 2 is 0.250 bits per heavy atom. The molecule has 0 nitrogen and oxygen atoms in total. The Kier molecular flexibility index (Phi) is 591. The third kappa shape index (κ3) is 45.4. The smallest absolute Gasteiger partial charge is 0 e. The Bertz CT molecular complexity index is 4.35. The van der Waals surface area contributed by atoms with Gasteiger partial charge < -0.3 is 0 Å². The van der Waals surface area contributed by atoms with Gasteiger partial charge in [-0.15, -0.1) is 0 Å². The van der Waals surface area contributed by atoms with Crippen molar-refractivity contribution in [1.29, 1.82) is 0 Å². The van der Waals surface area contributed by atoms with Crippen molar-refractivity contribution >= 4 is 151 Å². The Hall–Kier alpha value is 4.73. The molecule has 22 radical (unpaired) electrons. The molecule has 0 spiro atoms. The van der Waals surface area contributed by atoms with E-state index in [1.165, 1.54) is 0 Å². The molecule has 0 aromatic carbocycles. The first-order valence-electron chi connectivity index (χ1n) is 0. The maximum Gasteiger partial charge on any atom is 0 e. The fourth-order valence-corrected chi connectivity index (χ4v) is 0. The number of hydrogen-bond acceptors (Lipinski definition) is 0. The summed E-state index contributed by atoms with van der Waals surface area (Å²) in [4.78, 5) is 0. The second-order valence-corrected chi connectivity index (χ2v) is 0. The monoisotopic (exact) mass is 212 g/mol. The molecular weight excluding hydrogens is 212 g/mol. The quantitative estimate of drug-likeness (QED) is 0.374. The van der Waals surface area contributed by atoms with Crippen LogP contribution in [0.15, 0.2) is 0 Å². The van der Waals surface area contributed by atoms with E-state index in [0.29, 0.717) is 0 Å². The van der Waals surface area contributed by atoms with Crippen LogP contribution in [0.3, 0.4) is 0 Å². The summed E-state index contributed by atoms with van der Waals surface area (Å²) in [5, 5.41) is 0. The maximum atomic E-state index is 0. The zero-order valence-electron chi connectivity index (χ0n) is 5.04. The van der Waals surface area contributed by atoms with Crippen molar-refractivity contribution < 1.29 is 0 Å². The van der Waals surface area contributed by atoms with Crippen molar-refractivity contribution in [2.75, 3.05) is 0 Å². The van der Waals surface area contributed by atoms with Crippen LogP contribution < -0.4 is 0 Å². The Labute approximate surface area is 148 Å². The normalized spacial score (nSPS) is 0. The molecule has 0 amide bonds. The van der Waals surface area contributed by atoms with Gasteiger partial charge in [0.15, 0.2) is 0 Å². The third-order valence-electron chi connectivity index (χ3n) is 0. The zero-order valence-corrected chi connectivity index (χ0v) is 15.1. The standard InChI is InChI=1S/7Al.Na. The number of hydrogen-bond donors (Lipinski definition) is 0. The largest absolute Gasteiger partial charge is 0 e. The van der Waals surface area contributed by atoms with Crippen LogP contribution in [0.5, 0.6) is 0 Å². The van der Waals surface area contributed by atoms with Crippen molar-refractivity contribution in [1.82, 2.24) is 0 Å². The van der Waals surface area contributed by atoms with Crippen LogP contribution in [0, 0.1) is 0 Å². The van der Waals surface area contributed by atoms with E-state index in [1.54, 1.807) is 0 Å². The van der Waals surface area contributed by atoms with Gasteiger partial charge in [0.05, 0.1) is 0 Å². The minimum atomic E-state index is 0. The molecule has 0 fully saturated rings. The topological polar surface area (TPSA) is 0 Å². The second kappa shape index (κ2) is 60.4. The maximum absolute atomic E-state index is 0. The zero-order chi connectivity index (χ0) is 0. The predicted octanol–water partition coefficient (Wildman–Crippen LogP) is -3.05. The molecule has 0 aromatic rings. The van der Waals surface area contributed by atoms with Crippen LogP contribution in [-0.4, -0.2) is 151 Å². The first-order valence-corrected chi connectivity index (χ1v) is 0. The summed E-state index contributed by atoms with van der Waals surface area (Å²) in [6, 6.07) is 0. The van der Waals surface area contributed by atoms with Crippen molar-refractivity contribution in [2.45, 2.75) is 0 Å². The molecule has 22 valence electrons. The van der Waals surface area contributed by atoms with E-state index in [4.69, 9.17) is 0 Å². The fourth-order valence-electron chi connectivity index (χ4n) is 0. The summed E-state index contributed by atoms with van der Waals surface area (Å²) in [7, 11) is 0. The second-order valence-electron chi connectivity index (χ2n) is 0. The Morgan fingerprint density at radius 1 is 0.250 bits per heavy atom. The summed E-state index contributed by atoms with van der Waals surface area (Å²) in [6.45, 7) is 0. The van der Waals surface area contributed by atoms with Crippen LogP contribution in [0.4, 0.5) is 0 Å². The minimum Gasteiger partial charge on any atom is 0 e. The van der Waals surface area contributed by atoms with Gasteiger partial charge in [0.2, 0.25) is 0 Å². The van der Waals surface area contributed by atoms with Crippen LogP contribution in [0.2, 0.25) is 0 Å². The molecule has 0 N–H and O–H groups in total. The number of rotatable bonds is 0. The van der Waals surface area contributed by atoms with E-state index in [-0.39, 0.29) is 151 Å². The van der Waals surface area contributed by atoms with Gasteiger partial charge in [-0.1, -0.05) is 0 Å². The molecule has 0 aliphatic heterocycles. The third-order valence-corrected chi connectivity index (χ3v) is 0. The van der Waals surface area contributed by atoms with Gasteiger partial charge in [-0.3, -0.25) is 0 Å². The van der Waals surface area contributed by atoms with E-state index in [1.807, 2.05) is 0 Å². The van der Waals surface area contributed by atoms with Crippen molar-refractivity contribution in [2.24, 2.45) is 0 Å². The van der Waals surface area contributed by atoms with E-state index < -0.39 is 0 Å². The minimum absolute atomic E-state index is 0. The summed E-state index contributed by atoms with van der Waals surface area (Å²) in [5.74, 6) is 0. The van der Waals surface area contributed by atoms with Crippen molar-refractivity contribution in [3.05, 3.63) is 0 Å². The van der Waals surface area contributed by atoms with Gasteiger partial charge in [-0.25, -0.2) is 0 Å². The first-order chi connectivity index (χ1) is 0. The van der Waals surface area contributed by atoms with Crippen LogP contribution in [0.25, 0.3) is 0 Å². The van der Waals surface area contributed by atoms with Crippen LogP contribution >= 0.6 is 0 Å². The molecule has 0 heterocycles. The summed E-state index contributed by atoms with van der Waals surface area (Å²) in [6.07, 6.45) is 0. The van der Waals surface area contributed by atoms with Gasteiger partial charge in [-0.05, 0) is 0 Å². The summed E-state index contributed by atoms with van der Waals surface area (Å²) >= 11 is 0. The molecule has 0 saturated heterocycles. The van der Waals surface area contributed by atoms with Gasteiger partial charge in [0.25, 0.3) is 0 Å². The molecule has 0 aromatic heterocycles. The molecule has 0 unspecified atom stereocenters. The average Bonchev–Trinajstić information content (AvgIpc) is 0. The average molecular weight is 212 g/mol. The van der Waals surface area contributed by atoms with Gasteiger partial charge >= 0.3 is 0 Å². The first kappa shape index (κ1) is 78.3. The Morgan fingerprint density at radius 3 is 0.250 bits per heavy atom. The summed E-state index contributed by atoms with van der Waals surface area (Å²) < 4.78 is 0. The van der Waals surface area contributed by atoms with Gasteiger partial charge in [0, 0.05) is 151 Å². The molecule has 0 atom stereocenters. The van der Waals surface area contributed by atoms with Gasteiger partial charge in [0.1, 0.15) is 0 Å². The van der Waals surface area contributed by atoms with E-state index in [9.17, 15) is 0 Å². The molecular formula is Al7Na. The fraction of sp³-hybridized carbons (Fsp3) is 0. The van der Waals surface area contributed by atoms with Crippen molar-refractivity contribution in [3.8, 4) is 0 Å². The molecule has 8 heteroatoms. The van der Waals surface area contributed by atoms with Crippen LogP contribution in [0.1, 0.15) is 0 Å². The SMILES string of the molecule is [Al].[Al].[Al].[Al].[Al].[Al].[Al].[Na]. The van der Waals surface area contributed by atoms with E-state index in [0.717, 1.165) is 0 Å². The molecule has 0 saturated carbocycles.